The lowest BCUT2D eigenvalue weighted by molar-refractivity contribution is 0.404. The predicted octanol–water partition coefficient (Wildman–Crippen LogP) is 3.49. The van der Waals surface area contributed by atoms with E-state index in [1.54, 1.807) is 7.11 Å². The van der Waals surface area contributed by atoms with Gasteiger partial charge in [-0.1, -0.05) is 36.4 Å². The van der Waals surface area contributed by atoms with Crippen LogP contribution in [0, 0.1) is 0 Å². The molecule has 1 heterocycles. The van der Waals surface area contributed by atoms with Crippen LogP contribution in [0.15, 0.2) is 59.0 Å². The Morgan fingerprint density at radius 3 is 2.58 bits per heavy atom. The zero-order chi connectivity index (χ0) is 13.2. The third-order valence-electron chi connectivity index (χ3n) is 3.23. The van der Waals surface area contributed by atoms with Crippen molar-refractivity contribution in [3.8, 4) is 5.75 Å². The van der Waals surface area contributed by atoms with E-state index in [0.717, 1.165) is 28.0 Å². The summed E-state index contributed by atoms with van der Waals surface area (Å²) in [6.07, 6.45) is 0. The Balaban J connectivity index is 2.05. The zero-order valence-corrected chi connectivity index (χ0v) is 10.7. The summed E-state index contributed by atoms with van der Waals surface area (Å²) in [5, 5.41) is 1.06. The molecule has 0 aliphatic heterocycles. The fourth-order valence-electron chi connectivity index (χ4n) is 2.23. The van der Waals surface area contributed by atoms with Crippen molar-refractivity contribution in [2.75, 3.05) is 7.11 Å². The Kier molecular flexibility index (Phi) is 2.97. The standard InChI is InChI=1S/C16H15NO2/c1-18-14-9-5-3-7-12(14)16(17)15-10-11-6-2-4-8-13(11)19-15/h2-10,16H,17H2,1H3. The second kappa shape index (κ2) is 4.78. The Morgan fingerprint density at radius 2 is 1.79 bits per heavy atom. The van der Waals surface area contributed by atoms with E-state index in [4.69, 9.17) is 14.9 Å². The number of ether oxygens (including phenoxy) is 1. The Labute approximate surface area is 111 Å². The number of hydrogen-bond acceptors (Lipinski definition) is 3. The van der Waals surface area contributed by atoms with Gasteiger partial charge in [-0.3, -0.25) is 0 Å². The number of methoxy groups -OCH3 is 1. The maximum atomic E-state index is 6.28. The van der Waals surface area contributed by atoms with Crippen LogP contribution in [0.1, 0.15) is 17.4 Å². The number of benzene rings is 2. The van der Waals surface area contributed by atoms with Crippen LogP contribution in [0.3, 0.4) is 0 Å². The molecule has 3 heteroatoms. The number of fused-ring (bicyclic) bond motifs is 1. The van der Waals surface area contributed by atoms with Gasteiger partial charge in [0.2, 0.25) is 0 Å². The highest BCUT2D eigenvalue weighted by atomic mass is 16.5. The Morgan fingerprint density at radius 1 is 1.05 bits per heavy atom. The molecule has 0 aliphatic carbocycles. The number of rotatable bonds is 3. The molecular formula is C16H15NO2. The molecule has 2 N–H and O–H groups in total. The van der Waals surface area contributed by atoms with Crippen molar-refractivity contribution in [2.45, 2.75) is 6.04 Å². The van der Waals surface area contributed by atoms with Crippen molar-refractivity contribution in [2.24, 2.45) is 5.73 Å². The molecule has 0 amide bonds. The molecule has 1 unspecified atom stereocenters. The molecular weight excluding hydrogens is 238 g/mol. The minimum atomic E-state index is -0.330. The molecule has 1 atom stereocenters. The first kappa shape index (κ1) is 11.8. The van der Waals surface area contributed by atoms with Gasteiger partial charge in [0, 0.05) is 10.9 Å². The number of hydrogen-bond donors (Lipinski definition) is 1. The van der Waals surface area contributed by atoms with Crippen molar-refractivity contribution >= 4 is 11.0 Å². The van der Waals surface area contributed by atoms with Crippen molar-refractivity contribution < 1.29 is 9.15 Å². The SMILES string of the molecule is COc1ccccc1C(N)c1cc2ccccc2o1. The maximum absolute atomic E-state index is 6.28. The second-order valence-corrected chi connectivity index (χ2v) is 4.41. The molecule has 2 aromatic carbocycles. The van der Waals surface area contributed by atoms with Gasteiger partial charge in [-0.15, -0.1) is 0 Å². The first-order chi connectivity index (χ1) is 9.29. The summed E-state index contributed by atoms with van der Waals surface area (Å²) in [4.78, 5) is 0. The first-order valence-electron chi connectivity index (χ1n) is 6.16. The van der Waals surface area contributed by atoms with Crippen molar-refractivity contribution in [1.82, 2.24) is 0 Å². The van der Waals surface area contributed by atoms with Crippen LogP contribution in [0.2, 0.25) is 0 Å². The van der Waals surface area contributed by atoms with Crippen molar-refractivity contribution in [1.29, 1.82) is 0 Å². The summed E-state index contributed by atoms with van der Waals surface area (Å²) in [7, 11) is 1.64. The number of nitrogens with two attached hydrogens (primary N) is 1. The highest BCUT2D eigenvalue weighted by Gasteiger charge is 2.17. The van der Waals surface area contributed by atoms with Gasteiger partial charge in [0.1, 0.15) is 17.1 Å². The molecule has 96 valence electrons. The monoisotopic (exact) mass is 253 g/mol. The average Bonchev–Trinajstić information content (AvgIpc) is 2.90. The quantitative estimate of drug-likeness (QED) is 0.777. The fraction of sp³-hybridized carbons (Fsp3) is 0.125. The average molecular weight is 253 g/mol. The van der Waals surface area contributed by atoms with Crippen LogP contribution in [-0.2, 0) is 0 Å². The van der Waals surface area contributed by atoms with Crippen molar-refractivity contribution in [3.63, 3.8) is 0 Å². The van der Waals surface area contributed by atoms with E-state index >= 15 is 0 Å². The van der Waals surface area contributed by atoms with E-state index in [1.807, 2.05) is 54.6 Å². The van der Waals surface area contributed by atoms with E-state index < -0.39 is 0 Å². The summed E-state index contributed by atoms with van der Waals surface area (Å²) in [5.41, 5.74) is 8.05. The van der Waals surface area contributed by atoms with E-state index in [9.17, 15) is 0 Å². The molecule has 0 fully saturated rings. The highest BCUT2D eigenvalue weighted by Crippen LogP contribution is 2.31. The van der Waals surface area contributed by atoms with Crippen molar-refractivity contribution in [3.05, 3.63) is 65.9 Å². The Hall–Kier alpha value is -2.26. The summed E-state index contributed by atoms with van der Waals surface area (Å²) in [6, 6.07) is 17.3. The smallest absolute Gasteiger partial charge is 0.134 e. The van der Waals surface area contributed by atoms with E-state index in [1.165, 1.54) is 0 Å². The summed E-state index contributed by atoms with van der Waals surface area (Å²) in [6.45, 7) is 0. The lowest BCUT2D eigenvalue weighted by atomic mass is 10.0. The van der Waals surface area contributed by atoms with Crippen LogP contribution >= 0.6 is 0 Å². The lowest BCUT2D eigenvalue weighted by Crippen LogP contribution is -2.12. The van der Waals surface area contributed by atoms with Gasteiger partial charge < -0.3 is 14.9 Å². The first-order valence-corrected chi connectivity index (χ1v) is 6.16. The summed E-state index contributed by atoms with van der Waals surface area (Å²) >= 11 is 0. The fourth-order valence-corrected chi connectivity index (χ4v) is 2.23. The normalized spacial score (nSPS) is 12.5. The molecule has 1 aromatic heterocycles. The van der Waals surface area contributed by atoms with Gasteiger partial charge in [-0.2, -0.15) is 0 Å². The zero-order valence-electron chi connectivity index (χ0n) is 10.7. The molecule has 0 spiro atoms. The molecule has 0 saturated heterocycles. The number of furan rings is 1. The molecule has 0 aliphatic rings. The van der Waals surface area contributed by atoms with Gasteiger partial charge in [-0.25, -0.2) is 0 Å². The predicted molar refractivity (Wildman–Crippen MR) is 75.2 cm³/mol. The summed E-state index contributed by atoms with van der Waals surface area (Å²) in [5.74, 6) is 1.51. The van der Waals surface area contributed by atoms with E-state index in [2.05, 4.69) is 0 Å². The highest BCUT2D eigenvalue weighted by molar-refractivity contribution is 5.78. The van der Waals surface area contributed by atoms with E-state index in [0.29, 0.717) is 0 Å². The summed E-state index contributed by atoms with van der Waals surface area (Å²) < 4.78 is 11.1. The van der Waals surface area contributed by atoms with Gasteiger partial charge in [0.25, 0.3) is 0 Å². The van der Waals surface area contributed by atoms with Gasteiger partial charge in [0.05, 0.1) is 13.2 Å². The molecule has 0 saturated carbocycles. The largest absolute Gasteiger partial charge is 0.496 e. The van der Waals surface area contributed by atoms with Crippen LogP contribution < -0.4 is 10.5 Å². The minimum absolute atomic E-state index is 0.330. The Bertz CT molecular complexity index is 670. The maximum Gasteiger partial charge on any atom is 0.134 e. The lowest BCUT2D eigenvalue weighted by Gasteiger charge is -2.13. The third-order valence-corrected chi connectivity index (χ3v) is 3.23. The molecule has 3 nitrogen and oxygen atoms in total. The van der Waals surface area contributed by atoms with Gasteiger partial charge in [0.15, 0.2) is 0 Å². The third kappa shape index (κ3) is 2.09. The van der Waals surface area contributed by atoms with Crippen LogP contribution in [0.4, 0.5) is 0 Å². The van der Waals surface area contributed by atoms with Gasteiger partial charge >= 0.3 is 0 Å². The second-order valence-electron chi connectivity index (χ2n) is 4.41. The molecule has 19 heavy (non-hydrogen) atoms. The molecule has 3 aromatic rings. The molecule has 3 rings (SSSR count). The topological polar surface area (TPSA) is 48.4 Å². The van der Waals surface area contributed by atoms with Crippen LogP contribution in [0.5, 0.6) is 5.75 Å². The van der Waals surface area contributed by atoms with E-state index in [-0.39, 0.29) is 6.04 Å². The van der Waals surface area contributed by atoms with Gasteiger partial charge in [-0.05, 0) is 18.2 Å². The number of para-hydroxylation sites is 2. The minimum Gasteiger partial charge on any atom is -0.496 e. The van der Waals surface area contributed by atoms with Crippen LogP contribution in [0.25, 0.3) is 11.0 Å². The molecule has 0 radical (unpaired) electrons. The van der Waals surface area contributed by atoms with Crippen LogP contribution in [-0.4, -0.2) is 7.11 Å². The molecule has 0 bridgehead atoms.